The summed E-state index contributed by atoms with van der Waals surface area (Å²) in [5, 5.41) is 0. The Morgan fingerprint density at radius 1 is 0.469 bits per heavy atom. The summed E-state index contributed by atoms with van der Waals surface area (Å²) < 4.78 is 2.23. The van der Waals surface area contributed by atoms with Crippen molar-refractivity contribution in [3.8, 4) is 39.6 Å². The van der Waals surface area contributed by atoms with E-state index < -0.39 is 0 Å². The second kappa shape index (κ2) is 12.3. The van der Waals surface area contributed by atoms with Crippen LogP contribution in [0.2, 0.25) is 0 Å². The Hall–Kier alpha value is -6.39. The zero-order chi connectivity index (χ0) is 32.6. The second-order valence-corrected chi connectivity index (χ2v) is 12.4. The number of aliphatic imine (C=N–C) groups is 1. The minimum absolute atomic E-state index is 0.284. The van der Waals surface area contributed by atoms with Crippen LogP contribution in [0, 0.1) is 0 Å². The summed E-state index contributed by atoms with van der Waals surface area (Å²) in [5.74, 6) is 1.20. The van der Waals surface area contributed by atoms with E-state index in [2.05, 4.69) is 168 Å². The first-order valence-electron chi connectivity index (χ1n) is 16.7. The molecule has 0 saturated carbocycles. The molecule has 0 saturated heterocycles. The molecule has 0 amide bonds. The van der Waals surface area contributed by atoms with Gasteiger partial charge in [-0.2, -0.15) is 0 Å². The molecule has 1 aliphatic rings. The fourth-order valence-electron chi connectivity index (χ4n) is 6.98. The first-order valence-corrected chi connectivity index (χ1v) is 16.7. The van der Waals surface area contributed by atoms with Gasteiger partial charge in [0.25, 0.3) is 0 Å². The van der Waals surface area contributed by atoms with Gasteiger partial charge in [0.05, 0.1) is 28.1 Å². The Kier molecular flexibility index (Phi) is 7.25. The molecule has 2 aromatic heterocycles. The van der Waals surface area contributed by atoms with E-state index in [9.17, 15) is 0 Å². The third kappa shape index (κ3) is 5.43. The molecule has 9 rings (SSSR count). The molecule has 6 aromatic carbocycles. The molecule has 0 N–H and O–H groups in total. The molecule has 1 atom stereocenters. The minimum atomic E-state index is 0.284. The smallest absolute Gasteiger partial charge is 0.145 e. The van der Waals surface area contributed by atoms with E-state index in [1.807, 2.05) is 12.1 Å². The SMILES string of the molecule is c1ccc(C2CC(c3ccc(-c4cccc(-c5ccc(-c6nc7ccccc7n6-c6ccccc6)cc5)n4)cc3)=Nc3ccccc32)cc1. The quantitative estimate of drug-likeness (QED) is 0.184. The molecule has 0 aliphatic carbocycles. The average molecular weight is 629 g/mol. The second-order valence-electron chi connectivity index (χ2n) is 12.4. The van der Waals surface area contributed by atoms with Gasteiger partial charge in [0.15, 0.2) is 0 Å². The zero-order valence-electron chi connectivity index (χ0n) is 26.8. The van der Waals surface area contributed by atoms with Crippen molar-refractivity contribution in [3.05, 3.63) is 193 Å². The highest BCUT2D eigenvalue weighted by Gasteiger charge is 2.25. The van der Waals surface area contributed by atoms with E-state index in [0.717, 1.165) is 74.0 Å². The lowest BCUT2D eigenvalue weighted by atomic mass is 9.82. The summed E-state index contributed by atoms with van der Waals surface area (Å²) in [5.41, 5.74) is 14.1. The van der Waals surface area contributed by atoms with Gasteiger partial charge in [-0.25, -0.2) is 9.97 Å². The number of rotatable bonds is 6. The number of hydrogen-bond acceptors (Lipinski definition) is 3. The normalized spacial score (nSPS) is 14.0. The van der Waals surface area contributed by atoms with E-state index in [1.54, 1.807) is 0 Å². The molecule has 0 fully saturated rings. The van der Waals surface area contributed by atoms with Gasteiger partial charge < -0.3 is 0 Å². The Balaban J connectivity index is 0.997. The van der Waals surface area contributed by atoms with Gasteiger partial charge in [0.1, 0.15) is 5.82 Å². The zero-order valence-corrected chi connectivity index (χ0v) is 26.8. The number of aromatic nitrogens is 3. The van der Waals surface area contributed by atoms with Gasteiger partial charge in [-0.05, 0) is 59.2 Å². The van der Waals surface area contributed by atoms with Gasteiger partial charge >= 0.3 is 0 Å². The fourth-order valence-corrected chi connectivity index (χ4v) is 6.98. The number of pyridine rings is 1. The molecular formula is C45H32N4. The first-order chi connectivity index (χ1) is 24.3. The van der Waals surface area contributed by atoms with Crippen LogP contribution < -0.4 is 0 Å². The average Bonchev–Trinajstić information content (AvgIpc) is 3.58. The van der Waals surface area contributed by atoms with Gasteiger partial charge in [0, 0.05) is 40.4 Å². The van der Waals surface area contributed by atoms with Crippen LogP contribution in [0.15, 0.2) is 181 Å². The molecule has 0 spiro atoms. The maximum absolute atomic E-state index is 5.11. The highest BCUT2D eigenvalue weighted by atomic mass is 15.1. The predicted octanol–water partition coefficient (Wildman–Crippen LogP) is 11.1. The predicted molar refractivity (Wildman–Crippen MR) is 201 cm³/mol. The molecule has 0 bridgehead atoms. The molecule has 4 heteroatoms. The van der Waals surface area contributed by atoms with Crippen LogP contribution in [0.5, 0.6) is 0 Å². The van der Waals surface area contributed by atoms with Crippen molar-refractivity contribution < 1.29 is 0 Å². The molecule has 232 valence electrons. The van der Waals surface area contributed by atoms with E-state index >= 15 is 0 Å². The van der Waals surface area contributed by atoms with Crippen molar-refractivity contribution in [2.24, 2.45) is 4.99 Å². The van der Waals surface area contributed by atoms with Crippen LogP contribution in [0.3, 0.4) is 0 Å². The topological polar surface area (TPSA) is 43.1 Å². The molecule has 4 nitrogen and oxygen atoms in total. The monoisotopic (exact) mass is 628 g/mol. The lowest BCUT2D eigenvalue weighted by Crippen LogP contribution is -2.14. The largest absolute Gasteiger partial charge is 0.292 e. The summed E-state index contributed by atoms with van der Waals surface area (Å²) in [6.07, 6.45) is 0.867. The van der Waals surface area contributed by atoms with Crippen LogP contribution >= 0.6 is 0 Å². The van der Waals surface area contributed by atoms with E-state index in [1.165, 1.54) is 11.1 Å². The lowest BCUT2D eigenvalue weighted by molar-refractivity contribution is 0.840. The highest BCUT2D eigenvalue weighted by Crippen LogP contribution is 2.40. The van der Waals surface area contributed by atoms with Crippen molar-refractivity contribution in [1.82, 2.24) is 14.5 Å². The third-order valence-electron chi connectivity index (χ3n) is 9.44. The van der Waals surface area contributed by atoms with E-state index in [4.69, 9.17) is 15.0 Å². The number of hydrogen-bond donors (Lipinski definition) is 0. The van der Waals surface area contributed by atoms with E-state index in [-0.39, 0.29) is 5.92 Å². The Labute approximate surface area is 285 Å². The van der Waals surface area contributed by atoms with Gasteiger partial charge in [-0.3, -0.25) is 9.56 Å². The Morgan fingerprint density at radius 3 is 1.80 bits per heavy atom. The molecule has 0 radical (unpaired) electrons. The molecule has 3 heterocycles. The van der Waals surface area contributed by atoms with Crippen molar-refractivity contribution in [2.45, 2.75) is 12.3 Å². The summed E-state index contributed by atoms with van der Waals surface area (Å²) in [7, 11) is 0. The Bertz CT molecular complexity index is 2440. The summed E-state index contributed by atoms with van der Waals surface area (Å²) in [6.45, 7) is 0. The molecule has 1 unspecified atom stereocenters. The standard InChI is InChI=1S/C45H32N4/c1-3-12-31(13-4-1)38-30-43(47-41-17-8-7-16-37(38)41)34-24-22-32(23-25-34)39-19-11-20-40(46-39)33-26-28-35(29-27-33)45-48-42-18-9-10-21-44(42)49(45)36-14-5-2-6-15-36/h1-29,38H,30H2. The Morgan fingerprint density at radius 2 is 1.06 bits per heavy atom. The van der Waals surface area contributed by atoms with Crippen molar-refractivity contribution in [1.29, 1.82) is 0 Å². The number of imidazole rings is 1. The van der Waals surface area contributed by atoms with Gasteiger partial charge in [-0.1, -0.05) is 133 Å². The highest BCUT2D eigenvalue weighted by molar-refractivity contribution is 6.04. The fraction of sp³-hybridized carbons (Fsp3) is 0.0444. The van der Waals surface area contributed by atoms with Crippen molar-refractivity contribution in [2.75, 3.05) is 0 Å². The first kappa shape index (κ1) is 28.8. The van der Waals surface area contributed by atoms with Crippen molar-refractivity contribution in [3.63, 3.8) is 0 Å². The molecule has 1 aliphatic heterocycles. The van der Waals surface area contributed by atoms with Crippen molar-refractivity contribution >= 4 is 22.4 Å². The summed E-state index contributed by atoms with van der Waals surface area (Å²) in [4.78, 5) is 15.2. The lowest BCUT2D eigenvalue weighted by Gasteiger charge is -2.25. The maximum Gasteiger partial charge on any atom is 0.145 e. The van der Waals surface area contributed by atoms with E-state index in [0.29, 0.717) is 0 Å². The molecule has 8 aromatic rings. The minimum Gasteiger partial charge on any atom is -0.292 e. The van der Waals surface area contributed by atoms with Crippen LogP contribution in [-0.2, 0) is 0 Å². The van der Waals surface area contributed by atoms with Crippen LogP contribution in [0.25, 0.3) is 50.6 Å². The van der Waals surface area contributed by atoms with Crippen LogP contribution in [-0.4, -0.2) is 20.2 Å². The number of para-hydroxylation sites is 4. The number of nitrogens with zero attached hydrogens (tertiary/aromatic N) is 4. The molecular weight excluding hydrogens is 597 g/mol. The van der Waals surface area contributed by atoms with Crippen LogP contribution in [0.4, 0.5) is 5.69 Å². The summed E-state index contributed by atoms with van der Waals surface area (Å²) in [6, 6.07) is 61.5. The van der Waals surface area contributed by atoms with Crippen LogP contribution in [0.1, 0.15) is 29.0 Å². The number of fused-ring (bicyclic) bond motifs is 2. The molecule has 49 heavy (non-hydrogen) atoms. The van der Waals surface area contributed by atoms with Gasteiger partial charge in [0.2, 0.25) is 0 Å². The summed E-state index contributed by atoms with van der Waals surface area (Å²) >= 11 is 0. The van der Waals surface area contributed by atoms with Gasteiger partial charge in [-0.15, -0.1) is 0 Å². The maximum atomic E-state index is 5.11. The number of benzene rings is 6. The third-order valence-corrected chi connectivity index (χ3v) is 9.44.